The van der Waals surface area contributed by atoms with Gasteiger partial charge in [0.05, 0.1) is 11.4 Å². The molecule has 0 aliphatic heterocycles. The van der Waals surface area contributed by atoms with Crippen molar-refractivity contribution in [1.29, 1.82) is 0 Å². The van der Waals surface area contributed by atoms with E-state index in [1.165, 1.54) is 5.56 Å². The van der Waals surface area contributed by atoms with Gasteiger partial charge >= 0.3 is 0 Å². The Morgan fingerprint density at radius 1 is 1.00 bits per heavy atom. The van der Waals surface area contributed by atoms with Gasteiger partial charge in [0, 0.05) is 30.3 Å². The molecule has 2 aromatic carbocycles. The Balaban J connectivity index is 1.51. The molecule has 0 unspecified atom stereocenters. The summed E-state index contributed by atoms with van der Waals surface area (Å²) in [5.41, 5.74) is 5.14. The highest BCUT2D eigenvalue weighted by Gasteiger charge is 2.13. The summed E-state index contributed by atoms with van der Waals surface area (Å²) in [5.74, 6) is 0.0534. The van der Waals surface area contributed by atoms with E-state index >= 15 is 0 Å². The second kappa shape index (κ2) is 8.67. The molecule has 1 amide bonds. The lowest BCUT2D eigenvalue weighted by Crippen LogP contribution is -2.23. The third kappa shape index (κ3) is 4.38. The predicted octanol–water partition coefficient (Wildman–Crippen LogP) is 4.85. The molecule has 2 heterocycles. The Morgan fingerprint density at radius 2 is 1.75 bits per heavy atom. The molecule has 1 N–H and O–H groups in total. The number of nitrogens with one attached hydrogen (secondary N) is 1. The van der Waals surface area contributed by atoms with Crippen molar-refractivity contribution in [1.82, 2.24) is 15.1 Å². The maximum Gasteiger partial charge on any atom is 0.220 e. The number of aryl methyl sites for hydroxylation is 1. The van der Waals surface area contributed by atoms with Gasteiger partial charge in [-0.15, -0.1) is 0 Å². The van der Waals surface area contributed by atoms with Gasteiger partial charge in [-0.25, -0.2) is 4.68 Å². The zero-order valence-corrected chi connectivity index (χ0v) is 16.2. The standard InChI is InChI=1S/C23H21N3OS/c27-22(12-11-18-13-14-28-17-18)24-15-20-16-26(21-9-5-2-6-10-21)25-23(20)19-7-3-1-4-8-19/h1-10,13-14,16-17H,11-12,15H2,(H,24,27). The third-order valence-electron chi connectivity index (χ3n) is 4.55. The number of carbonyl (C=O) groups excluding carboxylic acids is 1. The van der Waals surface area contributed by atoms with E-state index < -0.39 is 0 Å². The summed E-state index contributed by atoms with van der Waals surface area (Å²) in [6.45, 7) is 0.458. The van der Waals surface area contributed by atoms with Crippen molar-refractivity contribution in [3.05, 3.63) is 94.8 Å². The lowest BCUT2D eigenvalue weighted by molar-refractivity contribution is -0.121. The van der Waals surface area contributed by atoms with Gasteiger partial charge in [-0.2, -0.15) is 16.4 Å². The maximum absolute atomic E-state index is 12.3. The van der Waals surface area contributed by atoms with Crippen LogP contribution in [0.15, 0.2) is 83.7 Å². The number of carbonyl (C=O) groups is 1. The Bertz CT molecular complexity index is 1020. The molecule has 4 rings (SSSR count). The second-order valence-corrected chi connectivity index (χ2v) is 7.34. The molecule has 0 atom stereocenters. The van der Waals surface area contributed by atoms with E-state index in [-0.39, 0.29) is 5.91 Å². The normalized spacial score (nSPS) is 10.7. The van der Waals surface area contributed by atoms with Crippen molar-refractivity contribution >= 4 is 17.2 Å². The van der Waals surface area contributed by atoms with E-state index in [2.05, 4.69) is 16.8 Å². The minimum Gasteiger partial charge on any atom is -0.352 e. The SMILES string of the molecule is O=C(CCc1ccsc1)NCc1cn(-c2ccccc2)nc1-c1ccccc1. The summed E-state index contributed by atoms with van der Waals surface area (Å²) in [5, 5.41) is 12.0. The first-order chi connectivity index (χ1) is 13.8. The Labute approximate surface area is 168 Å². The highest BCUT2D eigenvalue weighted by molar-refractivity contribution is 7.07. The zero-order valence-electron chi connectivity index (χ0n) is 15.4. The van der Waals surface area contributed by atoms with E-state index in [4.69, 9.17) is 5.10 Å². The van der Waals surface area contributed by atoms with Crippen molar-refractivity contribution in [2.75, 3.05) is 0 Å². The summed E-state index contributed by atoms with van der Waals surface area (Å²) >= 11 is 1.66. The molecule has 2 aromatic heterocycles. The summed E-state index contributed by atoms with van der Waals surface area (Å²) in [6.07, 6.45) is 3.26. The topological polar surface area (TPSA) is 46.9 Å². The number of hydrogen-bond donors (Lipinski definition) is 1. The van der Waals surface area contributed by atoms with Crippen LogP contribution in [-0.4, -0.2) is 15.7 Å². The number of hydrogen-bond acceptors (Lipinski definition) is 3. The first-order valence-corrected chi connectivity index (χ1v) is 10.2. The molecule has 0 radical (unpaired) electrons. The predicted molar refractivity (Wildman–Crippen MR) is 113 cm³/mol. The van der Waals surface area contributed by atoms with Crippen LogP contribution in [0.25, 0.3) is 16.9 Å². The minimum atomic E-state index is 0.0534. The van der Waals surface area contributed by atoms with Crippen molar-refractivity contribution in [3.63, 3.8) is 0 Å². The van der Waals surface area contributed by atoms with Crippen molar-refractivity contribution < 1.29 is 4.79 Å². The van der Waals surface area contributed by atoms with Gasteiger partial charge in [0.2, 0.25) is 5.91 Å². The molecule has 28 heavy (non-hydrogen) atoms. The molecule has 0 saturated heterocycles. The number of benzene rings is 2. The summed E-state index contributed by atoms with van der Waals surface area (Å²) in [7, 11) is 0. The summed E-state index contributed by atoms with van der Waals surface area (Å²) < 4.78 is 1.87. The number of aromatic nitrogens is 2. The van der Waals surface area contributed by atoms with Crippen LogP contribution in [0.4, 0.5) is 0 Å². The first kappa shape index (κ1) is 18.2. The van der Waals surface area contributed by atoms with Crippen LogP contribution in [0, 0.1) is 0 Å². The molecule has 0 aliphatic carbocycles. The fourth-order valence-corrected chi connectivity index (χ4v) is 3.77. The second-order valence-electron chi connectivity index (χ2n) is 6.56. The number of thiophene rings is 1. The van der Waals surface area contributed by atoms with Crippen molar-refractivity contribution in [2.45, 2.75) is 19.4 Å². The average Bonchev–Trinajstić information content (AvgIpc) is 3.42. The quantitative estimate of drug-likeness (QED) is 0.493. The van der Waals surface area contributed by atoms with Crippen LogP contribution in [0.5, 0.6) is 0 Å². The van der Waals surface area contributed by atoms with E-state index in [1.54, 1.807) is 11.3 Å². The van der Waals surface area contributed by atoms with Crippen LogP contribution in [0.2, 0.25) is 0 Å². The fourth-order valence-electron chi connectivity index (χ4n) is 3.07. The molecule has 4 aromatic rings. The number of amides is 1. The highest BCUT2D eigenvalue weighted by Crippen LogP contribution is 2.23. The molecule has 0 spiro atoms. The zero-order chi connectivity index (χ0) is 19.2. The van der Waals surface area contributed by atoms with Crippen LogP contribution in [0.3, 0.4) is 0 Å². The molecule has 0 saturated carbocycles. The van der Waals surface area contributed by atoms with Crippen LogP contribution in [-0.2, 0) is 17.8 Å². The lowest BCUT2D eigenvalue weighted by Gasteiger charge is -2.05. The molecule has 0 aliphatic rings. The van der Waals surface area contributed by atoms with Crippen molar-refractivity contribution in [3.8, 4) is 16.9 Å². The number of nitrogens with zero attached hydrogens (tertiary/aromatic N) is 2. The van der Waals surface area contributed by atoms with Crippen LogP contribution in [0.1, 0.15) is 17.5 Å². The highest BCUT2D eigenvalue weighted by atomic mass is 32.1. The van der Waals surface area contributed by atoms with E-state index in [0.29, 0.717) is 13.0 Å². The third-order valence-corrected chi connectivity index (χ3v) is 5.29. The smallest absolute Gasteiger partial charge is 0.220 e. The Hall–Kier alpha value is -3.18. The van der Waals surface area contributed by atoms with Gasteiger partial charge in [0.25, 0.3) is 0 Å². The Kier molecular flexibility index (Phi) is 5.64. The molecule has 0 fully saturated rings. The molecule has 5 heteroatoms. The van der Waals surface area contributed by atoms with E-state index in [1.807, 2.05) is 76.9 Å². The molecular weight excluding hydrogens is 366 g/mol. The van der Waals surface area contributed by atoms with Gasteiger partial charge in [0.15, 0.2) is 0 Å². The Morgan fingerprint density at radius 3 is 2.46 bits per heavy atom. The van der Waals surface area contributed by atoms with Gasteiger partial charge in [-0.3, -0.25) is 4.79 Å². The molecule has 0 bridgehead atoms. The van der Waals surface area contributed by atoms with Gasteiger partial charge in [-0.05, 0) is 40.9 Å². The van der Waals surface area contributed by atoms with Gasteiger partial charge in [0.1, 0.15) is 0 Å². The first-order valence-electron chi connectivity index (χ1n) is 9.27. The number of para-hydroxylation sites is 1. The van der Waals surface area contributed by atoms with Gasteiger partial charge in [-0.1, -0.05) is 48.5 Å². The lowest BCUT2D eigenvalue weighted by atomic mass is 10.1. The summed E-state index contributed by atoms with van der Waals surface area (Å²) in [6, 6.07) is 22.1. The molecule has 4 nitrogen and oxygen atoms in total. The van der Waals surface area contributed by atoms with E-state index in [0.717, 1.165) is 28.9 Å². The molecular formula is C23H21N3OS. The fraction of sp³-hybridized carbons (Fsp3) is 0.130. The summed E-state index contributed by atoms with van der Waals surface area (Å²) in [4.78, 5) is 12.3. The van der Waals surface area contributed by atoms with Crippen LogP contribution >= 0.6 is 11.3 Å². The largest absolute Gasteiger partial charge is 0.352 e. The van der Waals surface area contributed by atoms with Gasteiger partial charge < -0.3 is 5.32 Å². The van der Waals surface area contributed by atoms with Crippen molar-refractivity contribution in [2.24, 2.45) is 0 Å². The monoisotopic (exact) mass is 387 g/mol. The molecule has 140 valence electrons. The van der Waals surface area contributed by atoms with E-state index in [9.17, 15) is 4.79 Å². The minimum absolute atomic E-state index is 0.0534. The van der Waals surface area contributed by atoms with Crippen LogP contribution < -0.4 is 5.32 Å². The number of rotatable bonds is 7. The average molecular weight is 388 g/mol. The maximum atomic E-state index is 12.3.